The van der Waals surface area contributed by atoms with Gasteiger partial charge in [-0.25, -0.2) is 9.97 Å². The maximum atomic E-state index is 12.4. The molecule has 1 aromatic heterocycles. The van der Waals surface area contributed by atoms with Gasteiger partial charge in [0.2, 0.25) is 5.82 Å². The minimum atomic E-state index is -0.321. The van der Waals surface area contributed by atoms with Crippen LogP contribution in [0.1, 0.15) is 49.2 Å². The topological polar surface area (TPSA) is 75.9 Å². The van der Waals surface area contributed by atoms with Gasteiger partial charge >= 0.3 is 5.97 Å². The van der Waals surface area contributed by atoms with Crippen molar-refractivity contribution in [3.8, 4) is 6.07 Å². The number of benzene rings is 1. The molecular formula is C20H21N3O2. The summed E-state index contributed by atoms with van der Waals surface area (Å²) in [5.41, 5.74) is 1.62. The molecule has 0 bridgehead atoms. The van der Waals surface area contributed by atoms with Crippen LogP contribution in [0.5, 0.6) is 0 Å². The van der Waals surface area contributed by atoms with Crippen molar-refractivity contribution in [2.45, 2.75) is 43.9 Å². The molecule has 1 aliphatic carbocycles. The average molecular weight is 335 g/mol. The summed E-state index contributed by atoms with van der Waals surface area (Å²) in [5.74, 6) is -0.0452. The van der Waals surface area contributed by atoms with Gasteiger partial charge in [0.05, 0.1) is 18.7 Å². The van der Waals surface area contributed by atoms with Crippen molar-refractivity contribution in [1.29, 1.82) is 5.26 Å². The van der Waals surface area contributed by atoms with Crippen LogP contribution in [0.4, 0.5) is 0 Å². The van der Waals surface area contributed by atoms with Gasteiger partial charge in [0.25, 0.3) is 0 Å². The molecule has 0 unspecified atom stereocenters. The summed E-state index contributed by atoms with van der Waals surface area (Å²) in [6.07, 6.45) is 6.52. The molecule has 0 aliphatic heterocycles. The van der Waals surface area contributed by atoms with Crippen molar-refractivity contribution in [1.82, 2.24) is 9.97 Å². The van der Waals surface area contributed by atoms with Crippen LogP contribution in [0.2, 0.25) is 0 Å². The van der Waals surface area contributed by atoms with Gasteiger partial charge in [-0.3, -0.25) is 4.79 Å². The summed E-state index contributed by atoms with van der Waals surface area (Å²) in [4.78, 5) is 20.7. The molecule has 0 atom stereocenters. The molecular weight excluding hydrogens is 314 g/mol. The third kappa shape index (κ3) is 4.21. The lowest BCUT2D eigenvalue weighted by molar-refractivity contribution is -0.145. The number of ether oxygens (including phenoxy) is 1. The van der Waals surface area contributed by atoms with E-state index in [1.165, 1.54) is 0 Å². The van der Waals surface area contributed by atoms with E-state index >= 15 is 0 Å². The first-order valence-electron chi connectivity index (χ1n) is 8.65. The lowest BCUT2D eigenvalue weighted by atomic mass is 9.79. The molecule has 0 radical (unpaired) electrons. The van der Waals surface area contributed by atoms with E-state index in [0.717, 1.165) is 36.9 Å². The lowest BCUT2D eigenvalue weighted by Gasteiger charge is -2.27. The van der Waals surface area contributed by atoms with Gasteiger partial charge in [-0.1, -0.05) is 43.2 Å². The molecule has 5 nitrogen and oxygen atoms in total. The predicted molar refractivity (Wildman–Crippen MR) is 92.6 cm³/mol. The second kappa shape index (κ2) is 7.89. The van der Waals surface area contributed by atoms with Gasteiger partial charge in [0, 0.05) is 18.0 Å². The van der Waals surface area contributed by atoms with Gasteiger partial charge in [-0.05, 0) is 24.5 Å². The van der Waals surface area contributed by atoms with E-state index in [0.29, 0.717) is 19.4 Å². The molecule has 1 aromatic carbocycles. The molecule has 1 fully saturated rings. The highest BCUT2D eigenvalue weighted by Crippen LogP contribution is 2.43. The van der Waals surface area contributed by atoms with Crippen molar-refractivity contribution < 1.29 is 9.53 Å². The number of carbonyl (C=O) groups excluding carboxylic acids is 1. The van der Waals surface area contributed by atoms with Gasteiger partial charge in [-0.15, -0.1) is 0 Å². The molecule has 1 heterocycles. The Morgan fingerprint density at radius 2 is 1.96 bits per heavy atom. The summed E-state index contributed by atoms with van der Waals surface area (Å²) in [7, 11) is 0. The Morgan fingerprint density at radius 3 is 2.68 bits per heavy atom. The van der Waals surface area contributed by atoms with Crippen LogP contribution < -0.4 is 0 Å². The maximum Gasteiger partial charge on any atom is 0.306 e. The minimum Gasteiger partial charge on any atom is -0.465 e. The summed E-state index contributed by atoms with van der Waals surface area (Å²) in [6.45, 7) is 0.381. The first-order chi connectivity index (χ1) is 12.2. The monoisotopic (exact) mass is 335 g/mol. The fourth-order valence-electron chi connectivity index (χ4n) is 3.54. The molecule has 2 aromatic rings. The second-order valence-electron chi connectivity index (χ2n) is 6.50. The Bertz CT molecular complexity index is 762. The van der Waals surface area contributed by atoms with Crippen LogP contribution in [0.3, 0.4) is 0 Å². The van der Waals surface area contributed by atoms with Crippen LogP contribution in [0.15, 0.2) is 42.6 Å². The number of aromatic nitrogens is 2. The second-order valence-corrected chi connectivity index (χ2v) is 6.50. The Hall–Kier alpha value is -2.74. The zero-order valence-corrected chi connectivity index (χ0v) is 14.1. The quantitative estimate of drug-likeness (QED) is 0.757. The standard InChI is InChI=1S/C20H21N3O2/c21-15-18-22-12-8-17(23-18)20(10-4-5-11-20)14-19(24)25-13-9-16-6-2-1-3-7-16/h1-3,6-8,12H,4-5,9-11,13-14H2. The minimum absolute atomic E-state index is 0.154. The highest BCUT2D eigenvalue weighted by atomic mass is 16.5. The zero-order chi connectivity index (χ0) is 17.5. The van der Waals surface area contributed by atoms with Crippen LogP contribution in [-0.4, -0.2) is 22.5 Å². The van der Waals surface area contributed by atoms with E-state index in [1.54, 1.807) is 6.20 Å². The van der Waals surface area contributed by atoms with Crippen molar-refractivity contribution in [2.75, 3.05) is 6.61 Å². The molecule has 25 heavy (non-hydrogen) atoms. The first-order valence-corrected chi connectivity index (χ1v) is 8.65. The summed E-state index contributed by atoms with van der Waals surface area (Å²) >= 11 is 0. The third-order valence-electron chi connectivity index (χ3n) is 4.84. The summed E-state index contributed by atoms with van der Waals surface area (Å²) in [6, 6.07) is 13.8. The number of carbonyl (C=O) groups is 1. The number of rotatable bonds is 6. The molecule has 5 heteroatoms. The van der Waals surface area contributed by atoms with Gasteiger partial charge in [-0.2, -0.15) is 5.26 Å². The zero-order valence-electron chi connectivity index (χ0n) is 14.1. The van der Waals surface area contributed by atoms with E-state index in [-0.39, 0.29) is 17.2 Å². The van der Waals surface area contributed by atoms with E-state index in [4.69, 9.17) is 10.00 Å². The molecule has 0 saturated heterocycles. The van der Waals surface area contributed by atoms with Crippen molar-refractivity contribution in [3.63, 3.8) is 0 Å². The van der Waals surface area contributed by atoms with E-state index in [2.05, 4.69) is 9.97 Å². The van der Waals surface area contributed by atoms with Crippen molar-refractivity contribution in [2.24, 2.45) is 0 Å². The largest absolute Gasteiger partial charge is 0.465 e. The Labute approximate surface area is 147 Å². The number of hydrogen-bond donors (Lipinski definition) is 0. The highest BCUT2D eigenvalue weighted by Gasteiger charge is 2.39. The number of esters is 1. The van der Waals surface area contributed by atoms with E-state index in [9.17, 15) is 4.79 Å². The van der Waals surface area contributed by atoms with Gasteiger partial charge < -0.3 is 4.74 Å². The lowest BCUT2D eigenvalue weighted by Crippen LogP contribution is -2.29. The molecule has 0 spiro atoms. The number of hydrogen-bond acceptors (Lipinski definition) is 5. The van der Waals surface area contributed by atoms with Gasteiger partial charge in [0.1, 0.15) is 6.07 Å². The highest BCUT2D eigenvalue weighted by molar-refractivity contribution is 5.71. The predicted octanol–water partition coefficient (Wildman–Crippen LogP) is 3.34. The summed E-state index contributed by atoms with van der Waals surface area (Å²) < 4.78 is 5.46. The van der Waals surface area contributed by atoms with Crippen molar-refractivity contribution in [3.05, 3.63) is 59.7 Å². The molecule has 1 saturated carbocycles. The fraction of sp³-hybridized carbons (Fsp3) is 0.400. The molecule has 3 rings (SSSR count). The first kappa shape index (κ1) is 17.1. The molecule has 0 amide bonds. The van der Waals surface area contributed by atoms with E-state index < -0.39 is 0 Å². The van der Waals surface area contributed by atoms with Crippen LogP contribution >= 0.6 is 0 Å². The van der Waals surface area contributed by atoms with Crippen LogP contribution in [-0.2, 0) is 21.4 Å². The van der Waals surface area contributed by atoms with Crippen molar-refractivity contribution >= 4 is 5.97 Å². The normalized spacial score (nSPS) is 15.5. The maximum absolute atomic E-state index is 12.4. The Kier molecular flexibility index (Phi) is 5.39. The van der Waals surface area contributed by atoms with Gasteiger partial charge in [0.15, 0.2) is 0 Å². The molecule has 1 aliphatic rings. The van der Waals surface area contributed by atoms with Crippen LogP contribution in [0.25, 0.3) is 0 Å². The summed E-state index contributed by atoms with van der Waals surface area (Å²) in [5, 5.41) is 9.03. The number of nitrogens with zero attached hydrogens (tertiary/aromatic N) is 3. The Morgan fingerprint density at radius 1 is 1.20 bits per heavy atom. The Balaban J connectivity index is 1.63. The molecule has 0 N–H and O–H groups in total. The fourth-order valence-corrected chi connectivity index (χ4v) is 3.54. The molecule has 128 valence electrons. The van der Waals surface area contributed by atoms with Crippen LogP contribution in [0, 0.1) is 11.3 Å². The third-order valence-corrected chi connectivity index (χ3v) is 4.84. The SMILES string of the molecule is N#Cc1nccc(C2(CC(=O)OCCc3ccccc3)CCCC2)n1. The number of nitriles is 1. The average Bonchev–Trinajstić information content (AvgIpc) is 3.12. The van der Waals surface area contributed by atoms with E-state index in [1.807, 2.05) is 42.5 Å². The smallest absolute Gasteiger partial charge is 0.306 e.